The number of fused-ring (bicyclic) bond motifs is 1. The second kappa shape index (κ2) is 9.98. The van der Waals surface area contributed by atoms with Gasteiger partial charge in [-0.1, -0.05) is 50.2 Å². The highest BCUT2D eigenvalue weighted by Crippen LogP contribution is 2.27. The quantitative estimate of drug-likeness (QED) is 0.509. The summed E-state index contributed by atoms with van der Waals surface area (Å²) in [5.74, 6) is 1.27. The van der Waals surface area contributed by atoms with Gasteiger partial charge in [-0.05, 0) is 48.8 Å². The fraction of sp³-hybridized carbons (Fsp3) is 0.423. The van der Waals surface area contributed by atoms with Crippen LogP contribution in [-0.4, -0.2) is 34.3 Å². The van der Waals surface area contributed by atoms with E-state index in [1.807, 2.05) is 30.3 Å². The minimum Gasteiger partial charge on any atom is -0.355 e. The van der Waals surface area contributed by atoms with E-state index in [-0.39, 0.29) is 24.2 Å². The van der Waals surface area contributed by atoms with E-state index < -0.39 is 0 Å². The lowest BCUT2D eigenvalue weighted by atomic mass is 9.90. The number of nitrogens with one attached hydrogen (secondary N) is 2. The standard InChI is InChI=1S/C26H32N4O2/c1-18(2)13-21(20-7-4-3-5-8-20)16-28-26(32)23-9-6-10-24-29-22(17-30(23)24)14-25(31)27-15-19-11-12-19/h3-10,17-19,21H,11-16H2,1-2H3,(H,27,31)(H,28,32). The van der Waals surface area contributed by atoms with Crippen molar-refractivity contribution < 1.29 is 9.59 Å². The third-order valence-corrected chi connectivity index (χ3v) is 5.94. The molecule has 0 spiro atoms. The van der Waals surface area contributed by atoms with Crippen LogP contribution in [0.3, 0.4) is 0 Å². The number of carbonyl (C=O) groups is 2. The van der Waals surface area contributed by atoms with E-state index in [1.165, 1.54) is 18.4 Å². The average Bonchev–Trinajstić information content (AvgIpc) is 3.52. The lowest BCUT2D eigenvalue weighted by Crippen LogP contribution is -2.30. The van der Waals surface area contributed by atoms with Crippen molar-refractivity contribution >= 4 is 17.5 Å². The monoisotopic (exact) mass is 432 g/mol. The van der Waals surface area contributed by atoms with Gasteiger partial charge in [0, 0.05) is 25.2 Å². The summed E-state index contributed by atoms with van der Waals surface area (Å²) in [5, 5.41) is 6.09. The zero-order chi connectivity index (χ0) is 22.5. The molecule has 1 saturated carbocycles. The van der Waals surface area contributed by atoms with Crippen molar-refractivity contribution in [3.8, 4) is 0 Å². The summed E-state index contributed by atoms with van der Waals surface area (Å²) >= 11 is 0. The minimum absolute atomic E-state index is 0.0225. The number of benzene rings is 1. The van der Waals surface area contributed by atoms with Gasteiger partial charge < -0.3 is 10.6 Å². The molecule has 6 nitrogen and oxygen atoms in total. The molecule has 0 bridgehead atoms. The van der Waals surface area contributed by atoms with Crippen molar-refractivity contribution in [1.82, 2.24) is 20.0 Å². The molecule has 0 aliphatic heterocycles. The van der Waals surface area contributed by atoms with Gasteiger partial charge in [-0.3, -0.25) is 14.0 Å². The smallest absolute Gasteiger partial charge is 0.268 e. The number of hydrogen-bond acceptors (Lipinski definition) is 3. The Morgan fingerprint density at radius 2 is 1.84 bits per heavy atom. The summed E-state index contributed by atoms with van der Waals surface area (Å²) < 4.78 is 1.78. The summed E-state index contributed by atoms with van der Waals surface area (Å²) in [7, 11) is 0. The summed E-state index contributed by atoms with van der Waals surface area (Å²) in [6.45, 7) is 5.72. The van der Waals surface area contributed by atoms with Crippen molar-refractivity contribution in [2.24, 2.45) is 11.8 Å². The Balaban J connectivity index is 1.44. The molecule has 1 aromatic carbocycles. The Morgan fingerprint density at radius 1 is 1.06 bits per heavy atom. The molecule has 1 unspecified atom stereocenters. The Labute approximate surface area is 189 Å². The molecule has 2 aromatic heterocycles. The van der Waals surface area contributed by atoms with Gasteiger partial charge in [0.2, 0.25) is 5.91 Å². The van der Waals surface area contributed by atoms with E-state index in [1.54, 1.807) is 16.7 Å². The molecule has 1 aliphatic rings. The number of aromatic nitrogens is 2. The molecule has 1 aliphatic carbocycles. The highest BCUT2D eigenvalue weighted by atomic mass is 16.2. The van der Waals surface area contributed by atoms with Crippen LogP contribution in [-0.2, 0) is 11.2 Å². The van der Waals surface area contributed by atoms with E-state index >= 15 is 0 Å². The first-order valence-corrected chi connectivity index (χ1v) is 11.6. The Morgan fingerprint density at radius 3 is 2.56 bits per heavy atom. The number of pyridine rings is 1. The zero-order valence-electron chi connectivity index (χ0n) is 18.9. The van der Waals surface area contributed by atoms with Gasteiger partial charge in [0.1, 0.15) is 11.3 Å². The summed E-state index contributed by atoms with van der Waals surface area (Å²) in [6, 6.07) is 15.8. The molecular weight excluding hydrogens is 400 g/mol. The van der Waals surface area contributed by atoms with Gasteiger partial charge in [-0.25, -0.2) is 4.98 Å². The largest absolute Gasteiger partial charge is 0.355 e. The fourth-order valence-electron chi connectivity index (χ4n) is 4.08. The van der Waals surface area contributed by atoms with Crippen LogP contribution in [0.2, 0.25) is 0 Å². The molecule has 168 valence electrons. The van der Waals surface area contributed by atoms with Crippen LogP contribution in [0.5, 0.6) is 0 Å². The van der Waals surface area contributed by atoms with E-state index in [0.29, 0.717) is 35.4 Å². The van der Waals surface area contributed by atoms with Crippen molar-refractivity contribution in [2.75, 3.05) is 13.1 Å². The molecule has 3 aromatic rings. The fourth-order valence-corrected chi connectivity index (χ4v) is 4.08. The minimum atomic E-state index is -0.137. The summed E-state index contributed by atoms with van der Waals surface area (Å²) in [6.07, 6.45) is 5.42. The normalized spacial score (nSPS) is 14.5. The number of rotatable bonds is 10. The lowest BCUT2D eigenvalue weighted by molar-refractivity contribution is -0.120. The summed E-state index contributed by atoms with van der Waals surface area (Å²) in [5.41, 5.74) is 3.10. The van der Waals surface area contributed by atoms with Crippen molar-refractivity contribution in [2.45, 2.75) is 45.4 Å². The topological polar surface area (TPSA) is 75.5 Å². The third-order valence-electron chi connectivity index (χ3n) is 5.94. The molecule has 0 saturated heterocycles. The molecule has 1 fully saturated rings. The molecule has 1 atom stereocenters. The Kier molecular flexibility index (Phi) is 6.88. The maximum Gasteiger partial charge on any atom is 0.268 e. The molecule has 32 heavy (non-hydrogen) atoms. The highest BCUT2D eigenvalue weighted by molar-refractivity contribution is 5.93. The highest BCUT2D eigenvalue weighted by Gasteiger charge is 2.22. The molecule has 2 N–H and O–H groups in total. The SMILES string of the molecule is CC(C)CC(CNC(=O)c1cccc2nc(CC(=O)NCC3CC3)cn12)c1ccccc1. The summed E-state index contributed by atoms with van der Waals surface area (Å²) in [4.78, 5) is 29.8. The Hall–Kier alpha value is -3.15. The predicted octanol–water partition coefficient (Wildman–Crippen LogP) is 3.96. The van der Waals surface area contributed by atoms with Crippen molar-refractivity contribution in [1.29, 1.82) is 0 Å². The van der Waals surface area contributed by atoms with Crippen LogP contribution in [0.1, 0.15) is 60.8 Å². The van der Waals surface area contributed by atoms with Crippen LogP contribution < -0.4 is 10.6 Å². The molecule has 2 amide bonds. The van der Waals surface area contributed by atoms with Crippen LogP contribution in [0.15, 0.2) is 54.7 Å². The van der Waals surface area contributed by atoms with E-state index in [0.717, 1.165) is 13.0 Å². The van der Waals surface area contributed by atoms with Gasteiger partial charge in [0.15, 0.2) is 0 Å². The van der Waals surface area contributed by atoms with Crippen LogP contribution >= 0.6 is 0 Å². The van der Waals surface area contributed by atoms with E-state index in [9.17, 15) is 9.59 Å². The maximum atomic E-state index is 13.1. The Bertz CT molecular complexity index is 1070. The van der Waals surface area contributed by atoms with Gasteiger partial charge in [0.25, 0.3) is 5.91 Å². The number of carbonyl (C=O) groups excluding carboxylic acids is 2. The number of nitrogens with zero attached hydrogens (tertiary/aromatic N) is 2. The average molecular weight is 433 g/mol. The van der Waals surface area contributed by atoms with Crippen molar-refractivity contribution in [3.63, 3.8) is 0 Å². The number of hydrogen-bond donors (Lipinski definition) is 2. The van der Waals surface area contributed by atoms with Gasteiger partial charge in [-0.2, -0.15) is 0 Å². The van der Waals surface area contributed by atoms with Crippen LogP contribution in [0, 0.1) is 11.8 Å². The molecule has 4 rings (SSSR count). The second-order valence-electron chi connectivity index (χ2n) is 9.24. The first kappa shape index (κ1) is 22.1. The van der Waals surface area contributed by atoms with E-state index in [2.05, 4.69) is 41.6 Å². The first-order valence-electron chi connectivity index (χ1n) is 11.6. The number of imidazole rings is 1. The molecule has 6 heteroatoms. The second-order valence-corrected chi connectivity index (χ2v) is 9.24. The lowest BCUT2D eigenvalue weighted by Gasteiger charge is -2.20. The molecule has 0 radical (unpaired) electrons. The van der Waals surface area contributed by atoms with Crippen LogP contribution in [0.25, 0.3) is 5.65 Å². The third kappa shape index (κ3) is 5.75. The zero-order valence-corrected chi connectivity index (χ0v) is 18.9. The maximum absolute atomic E-state index is 13.1. The number of amides is 2. The predicted molar refractivity (Wildman–Crippen MR) is 126 cm³/mol. The van der Waals surface area contributed by atoms with Gasteiger partial charge in [-0.15, -0.1) is 0 Å². The van der Waals surface area contributed by atoms with Gasteiger partial charge >= 0.3 is 0 Å². The van der Waals surface area contributed by atoms with E-state index in [4.69, 9.17) is 0 Å². The first-order chi connectivity index (χ1) is 15.5. The molecular formula is C26H32N4O2. The van der Waals surface area contributed by atoms with Crippen LogP contribution in [0.4, 0.5) is 0 Å². The van der Waals surface area contributed by atoms with Crippen molar-refractivity contribution in [3.05, 3.63) is 71.7 Å². The van der Waals surface area contributed by atoms with Gasteiger partial charge in [0.05, 0.1) is 12.1 Å². The molecule has 2 heterocycles.